The number of methoxy groups -OCH3 is 1. The molecule has 1 aliphatic rings. The van der Waals surface area contributed by atoms with Crippen molar-refractivity contribution in [3.05, 3.63) is 28.8 Å². The monoisotopic (exact) mass is 344 g/mol. The standard InChI is InChI=1S/C16H22BrClO/c1-16(2)9-5-4-6-12(16)15(17)11-7-8-14(19-3)13(18)10-11/h7-8,10,12,15H,4-6,9H2,1-3H3. The minimum absolute atomic E-state index is 0.367. The Morgan fingerprint density at radius 3 is 2.68 bits per heavy atom. The smallest absolute Gasteiger partial charge is 0.137 e. The van der Waals surface area contributed by atoms with Gasteiger partial charge in [-0.25, -0.2) is 0 Å². The second kappa shape index (κ2) is 6.05. The lowest BCUT2D eigenvalue weighted by Crippen LogP contribution is -2.30. The summed E-state index contributed by atoms with van der Waals surface area (Å²) in [6, 6.07) is 6.11. The van der Waals surface area contributed by atoms with Crippen molar-refractivity contribution in [1.82, 2.24) is 0 Å². The lowest BCUT2D eigenvalue weighted by molar-refractivity contribution is 0.136. The predicted octanol–water partition coefficient (Wildman–Crippen LogP) is 6.00. The topological polar surface area (TPSA) is 9.23 Å². The van der Waals surface area contributed by atoms with Gasteiger partial charge in [0.05, 0.1) is 12.1 Å². The molecule has 0 aliphatic heterocycles. The van der Waals surface area contributed by atoms with Gasteiger partial charge in [-0.3, -0.25) is 0 Å². The third-order valence-corrected chi connectivity index (χ3v) is 5.90. The summed E-state index contributed by atoms with van der Waals surface area (Å²) in [5, 5.41) is 0.693. The van der Waals surface area contributed by atoms with Crippen LogP contribution >= 0.6 is 27.5 Å². The lowest BCUT2D eigenvalue weighted by Gasteiger charge is -2.41. The number of ether oxygens (including phenoxy) is 1. The zero-order chi connectivity index (χ0) is 14.0. The largest absolute Gasteiger partial charge is 0.495 e. The Kier molecular flexibility index (Phi) is 4.84. The van der Waals surface area contributed by atoms with Crippen molar-refractivity contribution in [1.29, 1.82) is 0 Å². The van der Waals surface area contributed by atoms with Gasteiger partial charge >= 0.3 is 0 Å². The van der Waals surface area contributed by atoms with Gasteiger partial charge in [-0.2, -0.15) is 0 Å². The van der Waals surface area contributed by atoms with Gasteiger partial charge in [-0.15, -0.1) is 0 Å². The number of hydrogen-bond donors (Lipinski definition) is 0. The SMILES string of the molecule is COc1ccc(C(Br)C2CCCCC2(C)C)cc1Cl. The van der Waals surface area contributed by atoms with Gasteiger partial charge in [0, 0.05) is 4.83 Å². The van der Waals surface area contributed by atoms with Crippen LogP contribution in [0.2, 0.25) is 5.02 Å². The second-order valence-electron chi connectivity index (χ2n) is 6.14. The van der Waals surface area contributed by atoms with E-state index in [2.05, 4.69) is 35.8 Å². The Labute approximate surface area is 129 Å². The van der Waals surface area contributed by atoms with E-state index >= 15 is 0 Å². The Balaban J connectivity index is 2.23. The summed E-state index contributed by atoms with van der Waals surface area (Å²) < 4.78 is 5.22. The molecular formula is C16H22BrClO. The molecule has 1 saturated carbocycles. The zero-order valence-electron chi connectivity index (χ0n) is 11.9. The van der Waals surface area contributed by atoms with Crippen molar-refractivity contribution in [3.8, 4) is 5.75 Å². The summed E-state index contributed by atoms with van der Waals surface area (Å²) >= 11 is 10.1. The van der Waals surface area contributed by atoms with Gasteiger partial charge in [0.1, 0.15) is 5.75 Å². The molecule has 1 fully saturated rings. The summed E-state index contributed by atoms with van der Waals surface area (Å²) in [6.45, 7) is 4.77. The van der Waals surface area contributed by atoms with E-state index in [1.807, 2.05) is 12.1 Å². The highest BCUT2D eigenvalue weighted by atomic mass is 79.9. The van der Waals surface area contributed by atoms with Crippen LogP contribution in [0.5, 0.6) is 5.75 Å². The van der Waals surface area contributed by atoms with E-state index in [0.717, 1.165) is 5.75 Å². The van der Waals surface area contributed by atoms with E-state index in [9.17, 15) is 0 Å². The van der Waals surface area contributed by atoms with Crippen molar-refractivity contribution in [2.75, 3.05) is 7.11 Å². The molecule has 1 aromatic rings. The molecule has 0 bridgehead atoms. The quantitative estimate of drug-likeness (QED) is 0.610. The number of rotatable bonds is 3. The van der Waals surface area contributed by atoms with Crippen LogP contribution in [-0.2, 0) is 0 Å². The summed E-state index contributed by atoms with van der Waals surface area (Å²) in [5.74, 6) is 1.40. The highest BCUT2D eigenvalue weighted by Crippen LogP contribution is 2.50. The van der Waals surface area contributed by atoms with Gasteiger partial charge < -0.3 is 4.74 Å². The van der Waals surface area contributed by atoms with E-state index in [0.29, 0.717) is 21.2 Å². The molecule has 2 unspecified atom stereocenters. The van der Waals surface area contributed by atoms with E-state index < -0.39 is 0 Å². The molecule has 0 saturated heterocycles. The summed E-state index contributed by atoms with van der Waals surface area (Å²) in [4.78, 5) is 0.367. The maximum atomic E-state index is 6.24. The van der Waals surface area contributed by atoms with Gasteiger partial charge in [-0.05, 0) is 41.9 Å². The first kappa shape index (κ1) is 15.2. The Morgan fingerprint density at radius 2 is 2.11 bits per heavy atom. The van der Waals surface area contributed by atoms with E-state index in [-0.39, 0.29) is 0 Å². The number of benzene rings is 1. The maximum absolute atomic E-state index is 6.24. The van der Waals surface area contributed by atoms with Crippen molar-refractivity contribution in [2.24, 2.45) is 11.3 Å². The second-order valence-corrected chi connectivity index (χ2v) is 7.53. The fourth-order valence-electron chi connectivity index (χ4n) is 3.15. The summed E-state index contributed by atoms with van der Waals surface area (Å²) in [7, 11) is 1.65. The maximum Gasteiger partial charge on any atom is 0.137 e. The average molecular weight is 346 g/mol. The molecule has 0 aromatic heterocycles. The van der Waals surface area contributed by atoms with Crippen LogP contribution in [0.15, 0.2) is 18.2 Å². The molecule has 106 valence electrons. The molecule has 2 rings (SSSR count). The molecule has 1 aromatic carbocycles. The minimum Gasteiger partial charge on any atom is -0.495 e. The first-order chi connectivity index (χ1) is 8.95. The third kappa shape index (κ3) is 3.28. The zero-order valence-corrected chi connectivity index (χ0v) is 14.2. The van der Waals surface area contributed by atoms with Crippen LogP contribution in [0.25, 0.3) is 0 Å². The molecule has 2 atom stereocenters. The molecule has 1 nitrogen and oxygen atoms in total. The molecular weight excluding hydrogens is 324 g/mol. The number of hydrogen-bond acceptors (Lipinski definition) is 1. The number of alkyl halides is 1. The highest BCUT2D eigenvalue weighted by Gasteiger charge is 2.37. The molecule has 19 heavy (non-hydrogen) atoms. The highest BCUT2D eigenvalue weighted by molar-refractivity contribution is 9.09. The normalized spacial score (nSPS) is 23.9. The van der Waals surface area contributed by atoms with Crippen molar-refractivity contribution >= 4 is 27.5 Å². The van der Waals surface area contributed by atoms with Crippen LogP contribution in [0, 0.1) is 11.3 Å². The van der Waals surface area contributed by atoms with E-state index in [1.165, 1.54) is 31.2 Å². The van der Waals surface area contributed by atoms with Gasteiger partial charge in [0.2, 0.25) is 0 Å². The van der Waals surface area contributed by atoms with Crippen molar-refractivity contribution in [2.45, 2.75) is 44.4 Å². The molecule has 0 radical (unpaired) electrons. The fraction of sp³-hybridized carbons (Fsp3) is 0.625. The molecule has 0 amide bonds. The minimum atomic E-state index is 0.367. The molecule has 0 heterocycles. The third-order valence-electron chi connectivity index (χ3n) is 4.44. The summed E-state index contributed by atoms with van der Waals surface area (Å²) in [5.41, 5.74) is 1.64. The van der Waals surface area contributed by atoms with Gasteiger partial charge in [0.15, 0.2) is 0 Å². The van der Waals surface area contributed by atoms with E-state index in [4.69, 9.17) is 16.3 Å². The average Bonchev–Trinajstić information content (AvgIpc) is 2.37. The van der Waals surface area contributed by atoms with Crippen molar-refractivity contribution in [3.63, 3.8) is 0 Å². The van der Waals surface area contributed by atoms with Gasteiger partial charge in [-0.1, -0.05) is 60.3 Å². The summed E-state index contributed by atoms with van der Waals surface area (Å²) in [6.07, 6.45) is 5.28. The lowest BCUT2D eigenvalue weighted by atomic mass is 9.67. The molecule has 0 spiro atoms. The van der Waals surface area contributed by atoms with E-state index in [1.54, 1.807) is 7.11 Å². The fourth-order valence-corrected chi connectivity index (χ4v) is 4.68. The Bertz CT molecular complexity index is 444. The molecule has 3 heteroatoms. The first-order valence-corrected chi connectivity index (χ1v) is 8.22. The van der Waals surface area contributed by atoms with Crippen LogP contribution in [-0.4, -0.2) is 7.11 Å². The first-order valence-electron chi connectivity index (χ1n) is 6.93. The van der Waals surface area contributed by atoms with Crippen LogP contribution in [0.4, 0.5) is 0 Å². The Hall–Kier alpha value is -0.210. The number of halogens is 2. The molecule has 0 N–H and O–H groups in total. The van der Waals surface area contributed by atoms with Crippen LogP contribution < -0.4 is 4.74 Å². The predicted molar refractivity (Wildman–Crippen MR) is 85.4 cm³/mol. The van der Waals surface area contributed by atoms with Crippen LogP contribution in [0.1, 0.15) is 49.9 Å². The van der Waals surface area contributed by atoms with Crippen molar-refractivity contribution < 1.29 is 4.74 Å². The van der Waals surface area contributed by atoms with Crippen LogP contribution in [0.3, 0.4) is 0 Å². The van der Waals surface area contributed by atoms with Gasteiger partial charge in [0.25, 0.3) is 0 Å². The molecule has 1 aliphatic carbocycles. The Morgan fingerprint density at radius 1 is 1.37 bits per heavy atom.